The summed E-state index contributed by atoms with van der Waals surface area (Å²) in [4.78, 5) is 26.4. The summed E-state index contributed by atoms with van der Waals surface area (Å²) in [7, 11) is 4.59. The summed E-state index contributed by atoms with van der Waals surface area (Å²) in [6, 6.07) is 9.47. The maximum Gasteiger partial charge on any atom is 0.255 e. The highest BCUT2D eigenvalue weighted by atomic mass is 79.9. The van der Waals surface area contributed by atoms with Gasteiger partial charge < -0.3 is 24.0 Å². The second kappa shape index (κ2) is 8.97. The van der Waals surface area contributed by atoms with Crippen molar-refractivity contribution in [2.24, 2.45) is 0 Å². The van der Waals surface area contributed by atoms with E-state index in [4.69, 9.17) is 19.2 Å². The number of carbonyl (C=O) groups excluding carboxylic acids is 1. The maximum atomic E-state index is 13.3. The molecule has 0 saturated carbocycles. The molecule has 0 radical (unpaired) electrons. The summed E-state index contributed by atoms with van der Waals surface area (Å²) >= 11 is 3.50. The molecule has 0 spiro atoms. The fourth-order valence-corrected chi connectivity index (χ4v) is 4.31. The largest absolute Gasteiger partial charge is 0.493 e. The molecule has 1 aromatic heterocycles. The van der Waals surface area contributed by atoms with Crippen molar-refractivity contribution in [1.29, 1.82) is 0 Å². The summed E-state index contributed by atoms with van der Waals surface area (Å²) < 4.78 is 16.8. The van der Waals surface area contributed by atoms with Crippen LogP contribution in [-0.2, 0) is 0 Å². The molecule has 8 nitrogen and oxygen atoms in total. The minimum absolute atomic E-state index is 0.102. The van der Waals surface area contributed by atoms with Gasteiger partial charge in [0.2, 0.25) is 5.75 Å². The predicted molar refractivity (Wildman–Crippen MR) is 121 cm³/mol. The number of aromatic nitrogens is 2. The molecule has 2 heterocycles. The number of carbonyl (C=O) groups is 1. The third kappa shape index (κ3) is 3.97. The predicted octanol–water partition coefficient (Wildman–Crippen LogP) is 3.38. The van der Waals surface area contributed by atoms with Gasteiger partial charge in [0, 0.05) is 26.2 Å². The first-order valence-electron chi connectivity index (χ1n) is 9.81. The first-order valence-corrected chi connectivity index (χ1v) is 10.6. The second-order valence-corrected chi connectivity index (χ2v) is 7.80. The molecule has 1 aliphatic heterocycles. The quantitative estimate of drug-likeness (QED) is 0.546. The molecule has 0 aliphatic carbocycles. The minimum atomic E-state index is -0.102. The van der Waals surface area contributed by atoms with Gasteiger partial charge in [-0.15, -0.1) is 0 Å². The Balaban J connectivity index is 1.53. The smallest absolute Gasteiger partial charge is 0.255 e. The fraction of sp³-hybridized carbons (Fsp3) is 0.318. The van der Waals surface area contributed by atoms with Gasteiger partial charge in [0.05, 0.1) is 48.6 Å². The van der Waals surface area contributed by atoms with Gasteiger partial charge in [0.1, 0.15) is 5.82 Å². The molecule has 31 heavy (non-hydrogen) atoms. The molecule has 0 unspecified atom stereocenters. The van der Waals surface area contributed by atoms with Crippen LogP contribution in [0.15, 0.2) is 41.0 Å². The van der Waals surface area contributed by atoms with E-state index in [0.717, 1.165) is 16.9 Å². The van der Waals surface area contributed by atoms with E-state index in [1.54, 1.807) is 12.3 Å². The Bertz CT molecular complexity index is 1120. The number of para-hydroxylation sites is 2. The van der Waals surface area contributed by atoms with Crippen LogP contribution in [0.4, 0.5) is 5.82 Å². The van der Waals surface area contributed by atoms with Crippen LogP contribution in [0.1, 0.15) is 10.4 Å². The molecule has 1 fully saturated rings. The lowest BCUT2D eigenvalue weighted by Crippen LogP contribution is -2.49. The fourth-order valence-electron chi connectivity index (χ4n) is 3.69. The van der Waals surface area contributed by atoms with Crippen LogP contribution >= 0.6 is 15.9 Å². The maximum absolute atomic E-state index is 13.3. The van der Waals surface area contributed by atoms with Crippen LogP contribution in [0.25, 0.3) is 11.0 Å². The molecule has 0 atom stereocenters. The van der Waals surface area contributed by atoms with Gasteiger partial charge >= 0.3 is 0 Å². The highest BCUT2D eigenvalue weighted by molar-refractivity contribution is 9.10. The number of benzene rings is 2. The summed E-state index contributed by atoms with van der Waals surface area (Å²) in [6.45, 7) is 2.47. The van der Waals surface area contributed by atoms with Crippen molar-refractivity contribution in [3.05, 3.63) is 46.6 Å². The van der Waals surface area contributed by atoms with Gasteiger partial charge in [-0.25, -0.2) is 4.98 Å². The van der Waals surface area contributed by atoms with Crippen molar-refractivity contribution in [3.8, 4) is 17.2 Å². The monoisotopic (exact) mass is 486 g/mol. The number of halogens is 1. The molecule has 0 bridgehead atoms. The van der Waals surface area contributed by atoms with Gasteiger partial charge in [0.15, 0.2) is 11.5 Å². The van der Waals surface area contributed by atoms with Crippen molar-refractivity contribution in [3.63, 3.8) is 0 Å². The normalized spacial score (nSPS) is 13.9. The van der Waals surface area contributed by atoms with Crippen LogP contribution in [0.3, 0.4) is 0 Å². The van der Waals surface area contributed by atoms with Gasteiger partial charge in [-0.3, -0.25) is 9.78 Å². The number of amides is 1. The SMILES string of the molecule is COc1cc(C(=O)N2CCN(c3cnc4ccccc4n3)CC2)c(Br)c(OC)c1OC. The Kier molecular flexibility index (Phi) is 6.13. The van der Waals surface area contributed by atoms with Crippen molar-refractivity contribution < 1.29 is 19.0 Å². The minimum Gasteiger partial charge on any atom is -0.493 e. The molecule has 3 aromatic rings. The number of hydrogen-bond acceptors (Lipinski definition) is 7. The number of rotatable bonds is 5. The first-order chi connectivity index (χ1) is 15.1. The molecule has 4 rings (SSSR count). The Morgan fingerprint density at radius 1 is 0.968 bits per heavy atom. The van der Waals surface area contributed by atoms with Crippen molar-refractivity contribution >= 4 is 38.7 Å². The van der Waals surface area contributed by atoms with Crippen molar-refractivity contribution in [2.75, 3.05) is 52.4 Å². The van der Waals surface area contributed by atoms with E-state index >= 15 is 0 Å². The van der Waals surface area contributed by atoms with E-state index in [1.165, 1.54) is 21.3 Å². The van der Waals surface area contributed by atoms with E-state index in [-0.39, 0.29) is 5.91 Å². The Morgan fingerprint density at radius 3 is 2.29 bits per heavy atom. The van der Waals surface area contributed by atoms with E-state index < -0.39 is 0 Å². The van der Waals surface area contributed by atoms with Gasteiger partial charge in [-0.2, -0.15) is 0 Å². The lowest BCUT2D eigenvalue weighted by molar-refractivity contribution is 0.0744. The number of anilines is 1. The van der Waals surface area contributed by atoms with Gasteiger partial charge in [0.25, 0.3) is 5.91 Å². The van der Waals surface area contributed by atoms with Crippen molar-refractivity contribution in [1.82, 2.24) is 14.9 Å². The van der Waals surface area contributed by atoms with Gasteiger partial charge in [-0.1, -0.05) is 12.1 Å². The second-order valence-electron chi connectivity index (χ2n) is 7.00. The molecular formula is C22H23BrN4O4. The summed E-state index contributed by atoms with van der Waals surface area (Å²) in [5.74, 6) is 2.02. The number of fused-ring (bicyclic) bond motifs is 1. The third-order valence-corrected chi connectivity index (χ3v) is 6.11. The molecule has 162 valence electrons. The molecule has 2 aromatic carbocycles. The lowest BCUT2D eigenvalue weighted by Gasteiger charge is -2.35. The summed E-state index contributed by atoms with van der Waals surface area (Å²) in [5, 5.41) is 0. The van der Waals surface area contributed by atoms with Crippen LogP contribution in [-0.4, -0.2) is 68.3 Å². The van der Waals surface area contributed by atoms with Crippen LogP contribution < -0.4 is 19.1 Å². The zero-order valence-corrected chi connectivity index (χ0v) is 19.2. The van der Waals surface area contributed by atoms with E-state index in [0.29, 0.717) is 53.5 Å². The molecule has 1 saturated heterocycles. The molecule has 1 aliphatic rings. The number of methoxy groups -OCH3 is 3. The highest BCUT2D eigenvalue weighted by Crippen LogP contribution is 2.45. The average Bonchev–Trinajstić information content (AvgIpc) is 2.83. The average molecular weight is 487 g/mol. The van der Waals surface area contributed by atoms with Crippen LogP contribution in [0, 0.1) is 0 Å². The standard InChI is InChI=1S/C22H23BrN4O4/c1-29-17-12-14(19(23)21(31-3)20(17)30-2)22(28)27-10-8-26(9-11-27)18-13-24-15-6-4-5-7-16(15)25-18/h4-7,12-13H,8-11H2,1-3H3. The molecule has 1 amide bonds. The number of ether oxygens (including phenoxy) is 3. The number of piperazine rings is 1. The number of nitrogens with zero attached hydrogens (tertiary/aromatic N) is 4. The van der Waals surface area contributed by atoms with Crippen LogP contribution in [0.2, 0.25) is 0 Å². The topological polar surface area (TPSA) is 77.0 Å². The summed E-state index contributed by atoms with van der Waals surface area (Å²) in [5.41, 5.74) is 2.20. The molecular weight excluding hydrogens is 464 g/mol. The number of hydrogen-bond donors (Lipinski definition) is 0. The third-order valence-electron chi connectivity index (χ3n) is 5.33. The zero-order chi connectivity index (χ0) is 22.0. The first kappa shape index (κ1) is 21.2. The van der Waals surface area contributed by atoms with E-state index in [9.17, 15) is 4.79 Å². The summed E-state index contributed by atoms with van der Waals surface area (Å²) in [6.07, 6.45) is 1.79. The Hall–Kier alpha value is -3.07. The Labute approximate surface area is 188 Å². The van der Waals surface area contributed by atoms with Crippen molar-refractivity contribution in [2.45, 2.75) is 0 Å². The Morgan fingerprint density at radius 2 is 1.65 bits per heavy atom. The molecule has 0 N–H and O–H groups in total. The highest BCUT2D eigenvalue weighted by Gasteiger charge is 2.28. The van der Waals surface area contributed by atoms with E-state index in [2.05, 4.69) is 25.8 Å². The van der Waals surface area contributed by atoms with E-state index in [1.807, 2.05) is 29.2 Å². The molecule has 9 heteroatoms. The zero-order valence-electron chi connectivity index (χ0n) is 17.6. The lowest BCUT2D eigenvalue weighted by atomic mass is 10.1. The van der Waals surface area contributed by atoms with Gasteiger partial charge in [-0.05, 0) is 34.1 Å². The van der Waals surface area contributed by atoms with Crippen LogP contribution in [0.5, 0.6) is 17.2 Å².